The average Bonchev–Trinajstić information content (AvgIpc) is 3.09. The van der Waals surface area contributed by atoms with Gasteiger partial charge in [0.05, 0.1) is 0 Å². The third kappa shape index (κ3) is 2.52. The summed E-state index contributed by atoms with van der Waals surface area (Å²) in [6, 6.07) is 5.52. The highest BCUT2D eigenvalue weighted by Gasteiger charge is 2.32. The molecule has 2 saturated heterocycles. The third-order valence-electron chi connectivity index (χ3n) is 4.55. The zero-order chi connectivity index (χ0) is 14.1. The number of phenolic OH excluding ortho intramolecular Hbond substituents is 1. The quantitative estimate of drug-likeness (QED) is 0.897. The summed E-state index contributed by atoms with van der Waals surface area (Å²) in [5.41, 5.74) is 1.56. The highest BCUT2D eigenvalue weighted by atomic mass is 16.3. The number of nitrogens with zero attached hydrogens (tertiary/aromatic N) is 2. The van der Waals surface area contributed by atoms with Crippen molar-refractivity contribution in [1.82, 2.24) is 9.80 Å². The molecule has 2 fully saturated rings. The Bertz CT molecular complexity index is 509. The minimum atomic E-state index is 0.101. The summed E-state index contributed by atoms with van der Waals surface area (Å²) in [7, 11) is 0. The fraction of sp³-hybridized carbons (Fsp3) is 0.562. The van der Waals surface area contributed by atoms with Crippen LogP contribution in [0.2, 0.25) is 0 Å². The molecule has 1 N–H and O–H groups in total. The Hall–Kier alpha value is -1.55. The smallest absolute Gasteiger partial charge is 0.254 e. The first-order valence-electron chi connectivity index (χ1n) is 7.48. The second-order valence-corrected chi connectivity index (χ2v) is 5.94. The Morgan fingerprint density at radius 3 is 2.70 bits per heavy atom. The normalized spacial score (nSPS) is 23.4. The Labute approximate surface area is 120 Å². The summed E-state index contributed by atoms with van der Waals surface area (Å²) in [6.45, 7) is 5.94. The number of carbonyl (C=O) groups is 1. The Kier molecular flexibility index (Phi) is 3.66. The maximum absolute atomic E-state index is 12.6. The van der Waals surface area contributed by atoms with E-state index in [4.69, 9.17) is 0 Å². The van der Waals surface area contributed by atoms with E-state index < -0.39 is 0 Å². The maximum Gasteiger partial charge on any atom is 0.254 e. The first kappa shape index (κ1) is 13.4. The monoisotopic (exact) mass is 274 g/mol. The summed E-state index contributed by atoms with van der Waals surface area (Å²) in [6.07, 6.45) is 3.67. The number of benzene rings is 1. The van der Waals surface area contributed by atoms with E-state index in [0.29, 0.717) is 11.6 Å². The second kappa shape index (κ2) is 5.44. The molecule has 1 amide bonds. The topological polar surface area (TPSA) is 43.8 Å². The molecule has 0 saturated carbocycles. The number of aromatic hydroxyl groups is 1. The van der Waals surface area contributed by atoms with Crippen LogP contribution in [0.1, 0.15) is 35.2 Å². The lowest BCUT2D eigenvalue weighted by Gasteiger charge is -2.24. The summed E-state index contributed by atoms with van der Waals surface area (Å²) in [5.74, 6) is 0.319. The van der Waals surface area contributed by atoms with Gasteiger partial charge in [-0.2, -0.15) is 0 Å². The molecule has 20 heavy (non-hydrogen) atoms. The number of carbonyl (C=O) groups excluding carboxylic acids is 1. The third-order valence-corrected chi connectivity index (χ3v) is 4.55. The predicted molar refractivity (Wildman–Crippen MR) is 78.0 cm³/mol. The highest BCUT2D eigenvalue weighted by molar-refractivity contribution is 5.96. The van der Waals surface area contributed by atoms with E-state index in [1.807, 2.05) is 11.8 Å². The standard InChI is InChI=1S/C16H22N2O2/c1-12-10-14(19)4-5-15(12)16(20)18-9-6-13(11-18)17-7-2-3-8-17/h4-5,10,13,19H,2-3,6-9,11H2,1H3. The first-order chi connectivity index (χ1) is 9.65. The first-order valence-corrected chi connectivity index (χ1v) is 7.48. The molecule has 108 valence electrons. The molecular formula is C16H22N2O2. The Morgan fingerprint density at radius 1 is 1.25 bits per heavy atom. The van der Waals surface area contributed by atoms with Crippen LogP contribution in [0.15, 0.2) is 18.2 Å². The molecule has 0 spiro atoms. The summed E-state index contributed by atoms with van der Waals surface area (Å²) < 4.78 is 0. The van der Waals surface area contributed by atoms with Crippen molar-refractivity contribution in [3.8, 4) is 5.75 Å². The van der Waals surface area contributed by atoms with Crippen LogP contribution in [-0.2, 0) is 0 Å². The van der Waals surface area contributed by atoms with Gasteiger partial charge in [0, 0.05) is 24.7 Å². The van der Waals surface area contributed by atoms with E-state index in [9.17, 15) is 9.90 Å². The van der Waals surface area contributed by atoms with Gasteiger partial charge in [-0.1, -0.05) is 0 Å². The molecule has 2 aliphatic heterocycles. The van der Waals surface area contributed by atoms with E-state index >= 15 is 0 Å². The van der Waals surface area contributed by atoms with Crippen LogP contribution in [0.5, 0.6) is 5.75 Å². The van der Waals surface area contributed by atoms with Crippen LogP contribution in [0, 0.1) is 6.92 Å². The molecule has 0 aromatic heterocycles. The lowest BCUT2D eigenvalue weighted by molar-refractivity contribution is 0.0779. The number of hydrogen-bond donors (Lipinski definition) is 1. The predicted octanol–water partition coefficient (Wildman–Crippen LogP) is 2.01. The summed E-state index contributed by atoms with van der Waals surface area (Å²) in [4.78, 5) is 17.1. The molecule has 1 aromatic carbocycles. The molecule has 4 nitrogen and oxygen atoms in total. The minimum absolute atomic E-state index is 0.101. The fourth-order valence-electron chi connectivity index (χ4n) is 3.39. The van der Waals surface area contributed by atoms with Crippen molar-refractivity contribution < 1.29 is 9.90 Å². The highest BCUT2D eigenvalue weighted by Crippen LogP contribution is 2.23. The van der Waals surface area contributed by atoms with Crippen LogP contribution in [0.3, 0.4) is 0 Å². The van der Waals surface area contributed by atoms with Gasteiger partial charge in [0.15, 0.2) is 0 Å². The maximum atomic E-state index is 12.6. The molecule has 0 aliphatic carbocycles. The van der Waals surface area contributed by atoms with Gasteiger partial charge in [-0.3, -0.25) is 9.69 Å². The molecule has 3 rings (SSSR count). The van der Waals surface area contributed by atoms with Crippen molar-refractivity contribution in [3.05, 3.63) is 29.3 Å². The van der Waals surface area contributed by atoms with Crippen molar-refractivity contribution in [3.63, 3.8) is 0 Å². The molecule has 1 atom stereocenters. The van der Waals surface area contributed by atoms with Crippen molar-refractivity contribution in [2.45, 2.75) is 32.2 Å². The largest absolute Gasteiger partial charge is 0.508 e. The minimum Gasteiger partial charge on any atom is -0.508 e. The van der Waals surface area contributed by atoms with Gasteiger partial charge >= 0.3 is 0 Å². The van der Waals surface area contributed by atoms with Crippen molar-refractivity contribution >= 4 is 5.91 Å². The molecule has 2 aliphatic rings. The number of amides is 1. The van der Waals surface area contributed by atoms with Gasteiger partial charge in [-0.25, -0.2) is 0 Å². The zero-order valence-corrected chi connectivity index (χ0v) is 12.0. The Balaban J connectivity index is 1.69. The number of likely N-dealkylation sites (tertiary alicyclic amines) is 2. The van der Waals surface area contributed by atoms with Crippen molar-refractivity contribution in [2.75, 3.05) is 26.2 Å². The number of hydrogen-bond acceptors (Lipinski definition) is 3. The van der Waals surface area contributed by atoms with Gasteiger partial charge in [-0.05, 0) is 63.0 Å². The fourth-order valence-corrected chi connectivity index (χ4v) is 3.39. The van der Waals surface area contributed by atoms with Gasteiger partial charge in [0.1, 0.15) is 5.75 Å². The van der Waals surface area contributed by atoms with Gasteiger partial charge < -0.3 is 10.0 Å². The van der Waals surface area contributed by atoms with Gasteiger partial charge in [-0.15, -0.1) is 0 Å². The summed E-state index contributed by atoms with van der Waals surface area (Å²) in [5, 5.41) is 9.44. The van der Waals surface area contributed by atoms with E-state index in [0.717, 1.165) is 25.1 Å². The Morgan fingerprint density at radius 2 is 2.00 bits per heavy atom. The van der Waals surface area contributed by atoms with Crippen molar-refractivity contribution in [2.24, 2.45) is 0 Å². The average molecular weight is 274 g/mol. The molecule has 2 heterocycles. The van der Waals surface area contributed by atoms with E-state index in [-0.39, 0.29) is 11.7 Å². The summed E-state index contributed by atoms with van der Waals surface area (Å²) >= 11 is 0. The van der Waals surface area contributed by atoms with Gasteiger partial charge in [0.2, 0.25) is 0 Å². The molecule has 1 aromatic rings. The lowest BCUT2D eigenvalue weighted by Crippen LogP contribution is -2.37. The molecule has 1 unspecified atom stereocenters. The zero-order valence-electron chi connectivity index (χ0n) is 12.0. The lowest BCUT2D eigenvalue weighted by atomic mass is 10.1. The van der Waals surface area contributed by atoms with Crippen LogP contribution >= 0.6 is 0 Å². The second-order valence-electron chi connectivity index (χ2n) is 5.94. The van der Waals surface area contributed by atoms with Crippen LogP contribution in [0.25, 0.3) is 0 Å². The SMILES string of the molecule is Cc1cc(O)ccc1C(=O)N1CCC(N2CCCC2)C1. The van der Waals surface area contributed by atoms with E-state index in [2.05, 4.69) is 4.90 Å². The number of rotatable bonds is 2. The molecular weight excluding hydrogens is 252 g/mol. The van der Waals surface area contributed by atoms with E-state index in [1.54, 1.807) is 18.2 Å². The van der Waals surface area contributed by atoms with Gasteiger partial charge in [0.25, 0.3) is 5.91 Å². The molecule has 0 bridgehead atoms. The van der Waals surface area contributed by atoms with Crippen LogP contribution < -0.4 is 0 Å². The number of phenols is 1. The molecule has 0 radical (unpaired) electrons. The van der Waals surface area contributed by atoms with E-state index in [1.165, 1.54) is 25.9 Å². The van der Waals surface area contributed by atoms with Crippen molar-refractivity contribution in [1.29, 1.82) is 0 Å². The van der Waals surface area contributed by atoms with Crippen LogP contribution in [0.4, 0.5) is 0 Å². The van der Waals surface area contributed by atoms with Crippen LogP contribution in [-0.4, -0.2) is 53.0 Å². The molecule has 4 heteroatoms. The number of aryl methyl sites for hydroxylation is 1.